The number of aryl methyl sites for hydroxylation is 1. The zero-order chi connectivity index (χ0) is 16.4. The van der Waals surface area contributed by atoms with E-state index in [2.05, 4.69) is 20.5 Å². The Morgan fingerprint density at radius 3 is 2.83 bits per heavy atom. The first-order chi connectivity index (χ1) is 11.0. The number of nitrogens with zero attached hydrogens (tertiary/aromatic N) is 3. The molecule has 0 bridgehead atoms. The van der Waals surface area contributed by atoms with Gasteiger partial charge in [-0.15, -0.1) is 21.5 Å². The molecule has 1 amide bonds. The van der Waals surface area contributed by atoms with E-state index in [1.54, 1.807) is 5.51 Å². The number of aromatic nitrogens is 3. The molecule has 23 heavy (non-hydrogen) atoms. The van der Waals surface area contributed by atoms with Crippen LogP contribution in [0.15, 0.2) is 28.1 Å². The van der Waals surface area contributed by atoms with Crippen LogP contribution in [0.5, 0.6) is 0 Å². The van der Waals surface area contributed by atoms with E-state index in [1.165, 1.54) is 17.4 Å². The normalized spacial score (nSPS) is 10.7. The van der Waals surface area contributed by atoms with Crippen LogP contribution in [0.1, 0.15) is 21.9 Å². The van der Waals surface area contributed by atoms with Gasteiger partial charge in [-0.25, -0.2) is 13.8 Å². The lowest BCUT2D eigenvalue weighted by Gasteiger charge is -2.02. The standard InChI is InChI=1S/C14H10F2N4O2S/c1-7-12(23-6-18-7)14-20-19-11(22-14)5-17-13(21)8-2-3-9(15)10(16)4-8/h2-4,6H,5H2,1H3,(H,17,21). The summed E-state index contributed by atoms with van der Waals surface area (Å²) in [6.45, 7) is 1.79. The van der Waals surface area contributed by atoms with Crippen molar-refractivity contribution in [2.45, 2.75) is 13.5 Å². The van der Waals surface area contributed by atoms with Crippen molar-refractivity contribution in [3.05, 3.63) is 52.5 Å². The van der Waals surface area contributed by atoms with Crippen molar-refractivity contribution in [3.63, 3.8) is 0 Å². The molecule has 0 aliphatic heterocycles. The summed E-state index contributed by atoms with van der Waals surface area (Å²) < 4.78 is 31.4. The summed E-state index contributed by atoms with van der Waals surface area (Å²) in [7, 11) is 0. The largest absolute Gasteiger partial charge is 0.418 e. The average molecular weight is 336 g/mol. The molecule has 0 aliphatic carbocycles. The van der Waals surface area contributed by atoms with Crippen molar-refractivity contribution < 1.29 is 18.0 Å². The zero-order valence-corrected chi connectivity index (χ0v) is 12.7. The van der Waals surface area contributed by atoms with Gasteiger partial charge in [-0.3, -0.25) is 4.79 Å². The van der Waals surface area contributed by atoms with Crippen molar-refractivity contribution in [2.24, 2.45) is 0 Å². The van der Waals surface area contributed by atoms with Crippen LogP contribution in [0.25, 0.3) is 10.8 Å². The van der Waals surface area contributed by atoms with Gasteiger partial charge in [0.15, 0.2) is 11.6 Å². The molecule has 0 atom stereocenters. The van der Waals surface area contributed by atoms with Crippen LogP contribution in [0, 0.1) is 18.6 Å². The molecule has 9 heteroatoms. The first-order valence-electron chi connectivity index (χ1n) is 6.50. The quantitative estimate of drug-likeness (QED) is 0.792. The first-order valence-corrected chi connectivity index (χ1v) is 7.38. The zero-order valence-electron chi connectivity index (χ0n) is 11.8. The van der Waals surface area contributed by atoms with Gasteiger partial charge >= 0.3 is 0 Å². The highest BCUT2D eigenvalue weighted by Crippen LogP contribution is 2.25. The molecule has 0 saturated carbocycles. The predicted octanol–water partition coefficient (Wildman–Crippen LogP) is 2.71. The fraction of sp³-hybridized carbons (Fsp3) is 0.143. The summed E-state index contributed by atoms with van der Waals surface area (Å²) in [6.07, 6.45) is 0. The lowest BCUT2D eigenvalue weighted by atomic mass is 10.2. The SMILES string of the molecule is Cc1ncsc1-c1nnc(CNC(=O)c2ccc(F)c(F)c2)o1. The van der Waals surface area contributed by atoms with Crippen LogP contribution in [0.4, 0.5) is 8.78 Å². The van der Waals surface area contributed by atoms with Crippen molar-refractivity contribution in [1.82, 2.24) is 20.5 Å². The van der Waals surface area contributed by atoms with Gasteiger partial charge in [-0.05, 0) is 25.1 Å². The van der Waals surface area contributed by atoms with E-state index in [9.17, 15) is 13.6 Å². The molecule has 3 rings (SSSR count). The number of halogens is 2. The van der Waals surface area contributed by atoms with E-state index in [1.807, 2.05) is 6.92 Å². The monoisotopic (exact) mass is 336 g/mol. The van der Waals surface area contributed by atoms with E-state index >= 15 is 0 Å². The van der Waals surface area contributed by atoms with Crippen molar-refractivity contribution in [3.8, 4) is 10.8 Å². The topological polar surface area (TPSA) is 80.9 Å². The number of rotatable bonds is 4. The van der Waals surface area contributed by atoms with Gasteiger partial charge in [-0.2, -0.15) is 0 Å². The number of hydrogen-bond donors (Lipinski definition) is 1. The third-order valence-electron chi connectivity index (χ3n) is 2.99. The van der Waals surface area contributed by atoms with Crippen LogP contribution in [-0.2, 0) is 6.54 Å². The van der Waals surface area contributed by atoms with E-state index in [0.717, 1.165) is 22.7 Å². The van der Waals surface area contributed by atoms with Gasteiger partial charge in [-0.1, -0.05) is 0 Å². The number of benzene rings is 1. The molecule has 0 saturated heterocycles. The Morgan fingerprint density at radius 1 is 1.30 bits per heavy atom. The van der Waals surface area contributed by atoms with Crippen LogP contribution < -0.4 is 5.32 Å². The number of amides is 1. The molecule has 0 spiro atoms. The Morgan fingerprint density at radius 2 is 2.13 bits per heavy atom. The summed E-state index contributed by atoms with van der Waals surface area (Å²) in [6, 6.07) is 2.90. The Kier molecular flexibility index (Phi) is 4.11. The second kappa shape index (κ2) is 6.21. The minimum atomic E-state index is -1.08. The van der Waals surface area contributed by atoms with E-state index in [4.69, 9.17) is 4.42 Å². The lowest BCUT2D eigenvalue weighted by molar-refractivity contribution is 0.0947. The highest BCUT2D eigenvalue weighted by molar-refractivity contribution is 7.13. The summed E-state index contributed by atoms with van der Waals surface area (Å²) in [5.41, 5.74) is 2.44. The summed E-state index contributed by atoms with van der Waals surface area (Å²) in [5, 5.41) is 10.2. The Balaban J connectivity index is 1.66. The molecular weight excluding hydrogens is 326 g/mol. The Hall–Kier alpha value is -2.68. The van der Waals surface area contributed by atoms with Gasteiger partial charge in [0.2, 0.25) is 5.89 Å². The smallest absolute Gasteiger partial charge is 0.259 e. The average Bonchev–Trinajstić information content (AvgIpc) is 3.16. The molecule has 0 radical (unpaired) electrons. The molecule has 0 aliphatic rings. The molecule has 2 heterocycles. The second-order valence-electron chi connectivity index (χ2n) is 4.58. The molecule has 2 aromatic heterocycles. The van der Waals surface area contributed by atoms with Gasteiger partial charge in [0.1, 0.15) is 4.88 Å². The fourth-order valence-corrected chi connectivity index (χ4v) is 2.54. The second-order valence-corrected chi connectivity index (χ2v) is 5.43. The van der Waals surface area contributed by atoms with E-state index in [0.29, 0.717) is 5.89 Å². The van der Waals surface area contributed by atoms with Gasteiger partial charge < -0.3 is 9.73 Å². The summed E-state index contributed by atoms with van der Waals surface area (Å²) in [4.78, 5) is 16.7. The molecule has 118 valence electrons. The van der Waals surface area contributed by atoms with Crippen molar-refractivity contribution in [1.29, 1.82) is 0 Å². The number of hydrogen-bond acceptors (Lipinski definition) is 6. The number of carbonyl (C=O) groups is 1. The third kappa shape index (κ3) is 3.24. The number of nitrogens with one attached hydrogen (secondary N) is 1. The molecule has 0 unspecified atom stereocenters. The fourth-order valence-electron chi connectivity index (χ4n) is 1.82. The maximum atomic E-state index is 13.1. The Labute approximate surface area is 133 Å². The first kappa shape index (κ1) is 15.2. The lowest BCUT2D eigenvalue weighted by Crippen LogP contribution is -2.23. The summed E-state index contributed by atoms with van der Waals surface area (Å²) >= 11 is 1.37. The highest BCUT2D eigenvalue weighted by Gasteiger charge is 2.14. The predicted molar refractivity (Wildman–Crippen MR) is 77.7 cm³/mol. The maximum Gasteiger partial charge on any atom is 0.259 e. The maximum absolute atomic E-state index is 13.1. The van der Waals surface area contributed by atoms with Crippen LogP contribution in [0.3, 0.4) is 0 Å². The molecule has 3 aromatic rings. The minimum Gasteiger partial charge on any atom is -0.418 e. The number of carbonyl (C=O) groups excluding carboxylic acids is 1. The van der Waals surface area contributed by atoms with Gasteiger partial charge in [0, 0.05) is 5.56 Å². The number of thiazole rings is 1. The van der Waals surface area contributed by atoms with Crippen LogP contribution in [0.2, 0.25) is 0 Å². The van der Waals surface area contributed by atoms with Crippen molar-refractivity contribution in [2.75, 3.05) is 0 Å². The molecule has 6 nitrogen and oxygen atoms in total. The van der Waals surface area contributed by atoms with Crippen molar-refractivity contribution >= 4 is 17.2 Å². The Bertz CT molecular complexity index is 862. The van der Waals surface area contributed by atoms with Crippen LogP contribution >= 0.6 is 11.3 Å². The summed E-state index contributed by atoms with van der Waals surface area (Å²) in [5.74, 6) is -2.15. The van der Waals surface area contributed by atoms with E-state index in [-0.39, 0.29) is 18.0 Å². The minimum absolute atomic E-state index is 0.00180. The third-order valence-corrected chi connectivity index (χ3v) is 3.91. The molecule has 1 N–H and O–H groups in total. The molecular formula is C14H10F2N4O2S. The van der Waals surface area contributed by atoms with E-state index < -0.39 is 17.5 Å². The molecule has 1 aromatic carbocycles. The van der Waals surface area contributed by atoms with Gasteiger partial charge in [0.25, 0.3) is 11.8 Å². The van der Waals surface area contributed by atoms with Crippen LogP contribution in [-0.4, -0.2) is 21.1 Å². The molecule has 0 fully saturated rings. The highest BCUT2D eigenvalue weighted by atomic mass is 32.1. The van der Waals surface area contributed by atoms with Gasteiger partial charge in [0.05, 0.1) is 17.7 Å².